The van der Waals surface area contributed by atoms with Gasteiger partial charge in [0, 0.05) is 23.4 Å². The van der Waals surface area contributed by atoms with Gasteiger partial charge in [0.1, 0.15) is 5.76 Å². The summed E-state index contributed by atoms with van der Waals surface area (Å²) in [6, 6.07) is 5.76. The highest BCUT2D eigenvalue weighted by atomic mass is 35.5. The van der Waals surface area contributed by atoms with E-state index in [4.69, 9.17) is 16.3 Å². The van der Waals surface area contributed by atoms with Gasteiger partial charge in [-0.15, -0.1) is 0 Å². The number of Topliss-reactive ketones (excluding diaryl/α,β-unsaturated/α-hetero) is 1. The molecular formula is C20H18ClF3O4. The van der Waals surface area contributed by atoms with E-state index in [1.807, 2.05) is 0 Å². The lowest BCUT2D eigenvalue weighted by atomic mass is 9.62. The van der Waals surface area contributed by atoms with Crippen LogP contribution in [-0.2, 0) is 19.7 Å². The Labute approximate surface area is 164 Å². The molecule has 1 aliphatic heterocycles. The quantitative estimate of drug-likeness (QED) is 0.725. The van der Waals surface area contributed by atoms with Crippen molar-refractivity contribution in [1.29, 1.82) is 0 Å². The maximum Gasteiger partial charge on any atom is 0.450 e. The van der Waals surface area contributed by atoms with Crippen LogP contribution in [0.3, 0.4) is 0 Å². The van der Waals surface area contributed by atoms with Crippen molar-refractivity contribution in [2.24, 2.45) is 5.41 Å². The zero-order valence-electron chi connectivity index (χ0n) is 15.4. The van der Waals surface area contributed by atoms with Crippen LogP contribution in [0.4, 0.5) is 13.2 Å². The molecule has 0 bridgehead atoms. The van der Waals surface area contributed by atoms with Crippen molar-refractivity contribution >= 4 is 23.4 Å². The summed E-state index contributed by atoms with van der Waals surface area (Å²) in [6.45, 7) is 4.82. The van der Waals surface area contributed by atoms with Crippen molar-refractivity contribution in [2.75, 3.05) is 0 Å². The minimum absolute atomic E-state index is 0.0421. The summed E-state index contributed by atoms with van der Waals surface area (Å²) >= 11 is 5.89. The number of hydrogen-bond acceptors (Lipinski definition) is 3. The highest BCUT2D eigenvalue weighted by molar-refractivity contribution is 6.30. The summed E-state index contributed by atoms with van der Waals surface area (Å²) in [5.41, 5.74) is -3.26. The number of carbonyl (C=O) groups excluding carboxylic acids is 1. The van der Waals surface area contributed by atoms with Gasteiger partial charge in [0.05, 0.1) is 11.0 Å². The van der Waals surface area contributed by atoms with E-state index in [1.165, 1.54) is 31.2 Å². The molecule has 1 heterocycles. The second-order valence-electron chi connectivity index (χ2n) is 7.98. The number of carboxylic acid groups (broad SMARTS) is 1. The third-order valence-corrected chi connectivity index (χ3v) is 5.43. The number of rotatable bonds is 2. The zero-order valence-corrected chi connectivity index (χ0v) is 16.2. The van der Waals surface area contributed by atoms with Crippen LogP contribution in [0.5, 0.6) is 0 Å². The molecular weight excluding hydrogens is 397 g/mol. The molecule has 0 amide bonds. The minimum Gasteiger partial charge on any atom is -0.478 e. The van der Waals surface area contributed by atoms with Gasteiger partial charge in [0.15, 0.2) is 5.78 Å². The summed E-state index contributed by atoms with van der Waals surface area (Å²) in [5, 5.41) is 10.0. The minimum atomic E-state index is -5.04. The standard InChI is InChI=1S/C20H18ClF3O4/c1-18(2)8-12(25)14-13(9-18)28-16(20(22,23)24)15(17(26)27)19(14,3)10-4-6-11(21)7-5-10/h4-7H,8-9H2,1-3H3,(H,26,27). The van der Waals surface area contributed by atoms with E-state index in [9.17, 15) is 27.9 Å². The van der Waals surface area contributed by atoms with Crippen LogP contribution in [0.15, 0.2) is 46.9 Å². The van der Waals surface area contributed by atoms with Crippen molar-refractivity contribution in [1.82, 2.24) is 0 Å². The topological polar surface area (TPSA) is 63.6 Å². The summed E-state index contributed by atoms with van der Waals surface area (Å²) in [6.07, 6.45) is -4.87. The number of allylic oxidation sites excluding steroid dienone is 3. The number of alkyl halides is 3. The molecule has 1 atom stereocenters. The molecule has 1 unspecified atom stereocenters. The lowest BCUT2D eigenvalue weighted by molar-refractivity contribution is -0.143. The van der Waals surface area contributed by atoms with E-state index in [-0.39, 0.29) is 29.7 Å². The molecule has 8 heteroatoms. The first-order valence-electron chi connectivity index (χ1n) is 8.53. The van der Waals surface area contributed by atoms with Gasteiger partial charge in [0.2, 0.25) is 5.76 Å². The Balaban J connectivity index is 2.39. The number of aliphatic carboxylic acids is 1. The number of halogens is 4. The van der Waals surface area contributed by atoms with E-state index >= 15 is 0 Å². The average molecular weight is 415 g/mol. The molecule has 0 saturated carbocycles. The Morgan fingerprint density at radius 2 is 1.71 bits per heavy atom. The summed E-state index contributed by atoms with van der Waals surface area (Å²) in [4.78, 5) is 24.9. The van der Waals surface area contributed by atoms with Crippen LogP contribution >= 0.6 is 11.6 Å². The number of hydrogen-bond donors (Lipinski definition) is 1. The zero-order chi connectivity index (χ0) is 21.1. The highest BCUT2D eigenvalue weighted by Crippen LogP contribution is 2.54. The molecule has 150 valence electrons. The van der Waals surface area contributed by atoms with Gasteiger partial charge in [-0.2, -0.15) is 13.2 Å². The number of ketones is 1. The Bertz CT molecular complexity index is 926. The Hall–Kier alpha value is -2.28. The molecule has 1 N–H and O–H groups in total. The van der Waals surface area contributed by atoms with Gasteiger partial charge in [-0.05, 0) is 30.0 Å². The molecule has 0 aromatic heterocycles. The van der Waals surface area contributed by atoms with Crippen LogP contribution in [-0.4, -0.2) is 23.0 Å². The predicted molar refractivity (Wildman–Crippen MR) is 95.7 cm³/mol. The average Bonchev–Trinajstić information content (AvgIpc) is 2.51. The first-order chi connectivity index (χ1) is 12.8. The number of benzene rings is 1. The van der Waals surface area contributed by atoms with Crippen LogP contribution in [0.25, 0.3) is 0 Å². The molecule has 0 fully saturated rings. The largest absolute Gasteiger partial charge is 0.478 e. The normalized spacial score (nSPS) is 24.8. The van der Waals surface area contributed by atoms with E-state index in [1.54, 1.807) is 13.8 Å². The smallest absolute Gasteiger partial charge is 0.450 e. The molecule has 3 rings (SSSR count). The lowest BCUT2D eigenvalue weighted by Crippen LogP contribution is -2.45. The number of carbonyl (C=O) groups is 2. The Morgan fingerprint density at radius 3 is 2.21 bits per heavy atom. The van der Waals surface area contributed by atoms with Crippen molar-refractivity contribution in [3.05, 3.63) is 57.5 Å². The maximum atomic E-state index is 13.7. The predicted octanol–water partition coefficient (Wildman–Crippen LogP) is 5.17. The molecule has 28 heavy (non-hydrogen) atoms. The number of ether oxygens (including phenoxy) is 1. The van der Waals surface area contributed by atoms with E-state index in [0.717, 1.165) is 0 Å². The van der Waals surface area contributed by atoms with Crippen LogP contribution < -0.4 is 0 Å². The lowest BCUT2D eigenvalue weighted by Gasteiger charge is -2.44. The fourth-order valence-electron chi connectivity index (χ4n) is 4.02. The molecule has 0 radical (unpaired) electrons. The van der Waals surface area contributed by atoms with Crippen molar-refractivity contribution in [3.63, 3.8) is 0 Å². The molecule has 1 aliphatic carbocycles. The maximum absolute atomic E-state index is 13.7. The first-order valence-corrected chi connectivity index (χ1v) is 8.91. The van der Waals surface area contributed by atoms with E-state index < -0.39 is 40.1 Å². The summed E-state index contributed by atoms with van der Waals surface area (Å²) in [5.74, 6) is -3.95. The molecule has 0 saturated heterocycles. The number of carboxylic acids is 1. The van der Waals surface area contributed by atoms with Gasteiger partial charge in [0.25, 0.3) is 0 Å². The molecule has 4 nitrogen and oxygen atoms in total. The van der Waals surface area contributed by atoms with E-state index in [2.05, 4.69) is 0 Å². The van der Waals surface area contributed by atoms with Gasteiger partial charge >= 0.3 is 12.1 Å². The molecule has 0 spiro atoms. The third kappa shape index (κ3) is 3.21. The first kappa shape index (κ1) is 20.5. The van der Waals surface area contributed by atoms with Crippen LogP contribution in [0.1, 0.15) is 39.2 Å². The van der Waals surface area contributed by atoms with Crippen LogP contribution in [0.2, 0.25) is 5.02 Å². The van der Waals surface area contributed by atoms with Crippen molar-refractivity contribution in [3.8, 4) is 0 Å². The fraction of sp³-hybridized carbons (Fsp3) is 0.400. The summed E-state index contributed by atoms with van der Waals surface area (Å²) < 4.78 is 46.3. The fourth-order valence-corrected chi connectivity index (χ4v) is 4.14. The Kier molecular flexibility index (Phi) is 4.65. The monoisotopic (exact) mass is 414 g/mol. The SMILES string of the molecule is CC1(C)CC(=O)C2=C(C1)OC(C(F)(F)F)=C(C(=O)O)C2(C)c1ccc(Cl)cc1. The Morgan fingerprint density at radius 1 is 1.14 bits per heavy atom. The third-order valence-electron chi connectivity index (χ3n) is 5.18. The van der Waals surface area contributed by atoms with Gasteiger partial charge in [-0.3, -0.25) is 4.79 Å². The molecule has 2 aliphatic rings. The highest BCUT2D eigenvalue weighted by Gasteiger charge is 2.56. The molecule has 1 aromatic carbocycles. The second-order valence-corrected chi connectivity index (χ2v) is 8.42. The second kappa shape index (κ2) is 6.37. The van der Waals surface area contributed by atoms with E-state index in [0.29, 0.717) is 5.02 Å². The summed E-state index contributed by atoms with van der Waals surface area (Å²) in [7, 11) is 0. The molecule has 1 aromatic rings. The van der Waals surface area contributed by atoms with Gasteiger partial charge in [-0.25, -0.2) is 4.79 Å². The van der Waals surface area contributed by atoms with Crippen molar-refractivity contribution in [2.45, 2.75) is 45.2 Å². The van der Waals surface area contributed by atoms with Gasteiger partial charge < -0.3 is 9.84 Å². The van der Waals surface area contributed by atoms with Crippen LogP contribution in [0, 0.1) is 5.41 Å². The van der Waals surface area contributed by atoms with Gasteiger partial charge in [-0.1, -0.05) is 37.6 Å². The van der Waals surface area contributed by atoms with Crippen molar-refractivity contribution < 1.29 is 32.6 Å².